The van der Waals surface area contributed by atoms with Gasteiger partial charge in [-0.2, -0.15) is 0 Å². The number of nitrogens with one attached hydrogen (secondary N) is 1. The number of allylic oxidation sites excluding steroid dienone is 1. The Bertz CT molecular complexity index is 533. The second-order valence-corrected chi connectivity index (χ2v) is 5.95. The highest BCUT2D eigenvalue weighted by Crippen LogP contribution is 2.29. The number of hydrogen-bond donors (Lipinski definition) is 2. The normalized spacial score (nSPS) is 18.2. The maximum atomic E-state index is 12.3. The van der Waals surface area contributed by atoms with Crippen LogP contribution in [0.5, 0.6) is 0 Å². The van der Waals surface area contributed by atoms with E-state index in [4.69, 9.17) is 0 Å². The Morgan fingerprint density at radius 3 is 2.41 bits per heavy atom. The third-order valence-electron chi connectivity index (χ3n) is 4.41. The lowest BCUT2D eigenvalue weighted by molar-refractivity contribution is -0.149. The van der Waals surface area contributed by atoms with E-state index < -0.39 is 11.5 Å². The van der Waals surface area contributed by atoms with Crippen molar-refractivity contribution < 1.29 is 14.7 Å². The Morgan fingerprint density at radius 2 is 1.86 bits per heavy atom. The van der Waals surface area contributed by atoms with E-state index in [1.807, 2.05) is 30.3 Å². The van der Waals surface area contributed by atoms with Crippen LogP contribution >= 0.6 is 0 Å². The second kappa shape index (κ2) is 7.25. The molecule has 0 aliphatic heterocycles. The van der Waals surface area contributed by atoms with E-state index in [-0.39, 0.29) is 18.2 Å². The molecule has 0 saturated heterocycles. The molecule has 1 aliphatic carbocycles. The fourth-order valence-electron chi connectivity index (χ4n) is 3.10. The van der Waals surface area contributed by atoms with Crippen molar-refractivity contribution in [2.45, 2.75) is 50.0 Å². The van der Waals surface area contributed by atoms with E-state index in [2.05, 4.69) is 11.9 Å². The number of carboxylic acid groups (broad SMARTS) is 1. The van der Waals surface area contributed by atoms with Crippen molar-refractivity contribution in [2.24, 2.45) is 0 Å². The van der Waals surface area contributed by atoms with Gasteiger partial charge in [-0.1, -0.05) is 55.7 Å². The molecule has 1 fully saturated rings. The molecule has 4 nitrogen and oxygen atoms in total. The number of rotatable bonds is 6. The number of amides is 1. The summed E-state index contributed by atoms with van der Waals surface area (Å²) in [5, 5.41) is 12.3. The van der Waals surface area contributed by atoms with Crippen LogP contribution in [0.25, 0.3) is 0 Å². The summed E-state index contributed by atoms with van der Waals surface area (Å²) >= 11 is 0. The van der Waals surface area contributed by atoms with E-state index in [9.17, 15) is 14.7 Å². The fourth-order valence-corrected chi connectivity index (χ4v) is 3.10. The Balaban J connectivity index is 2.04. The van der Waals surface area contributed by atoms with Crippen molar-refractivity contribution in [2.75, 3.05) is 0 Å². The molecule has 1 saturated carbocycles. The number of carbonyl (C=O) groups is 2. The topological polar surface area (TPSA) is 66.4 Å². The first-order valence-electron chi connectivity index (χ1n) is 7.79. The van der Waals surface area contributed by atoms with Gasteiger partial charge in [0.1, 0.15) is 5.54 Å². The highest BCUT2D eigenvalue weighted by molar-refractivity contribution is 5.87. The predicted octanol–water partition coefficient (Wildman–Crippen LogP) is 3.25. The van der Waals surface area contributed by atoms with Crippen LogP contribution in [0.3, 0.4) is 0 Å². The van der Waals surface area contributed by atoms with Crippen LogP contribution in [0.2, 0.25) is 0 Å². The standard InChI is InChI=1S/C18H23NO3/c1-2-14(15-9-5-3-6-10-15)13-16(20)19-18(17(21)22)11-7-4-8-12-18/h2-3,5-6,9-10,14H,1,4,7-8,11-13H2,(H,19,20)(H,21,22). The third-order valence-corrected chi connectivity index (χ3v) is 4.41. The first-order valence-corrected chi connectivity index (χ1v) is 7.79. The molecule has 0 spiro atoms. The number of aliphatic carboxylic acids is 1. The van der Waals surface area contributed by atoms with Gasteiger partial charge in [0.25, 0.3) is 0 Å². The summed E-state index contributed by atoms with van der Waals surface area (Å²) in [6.07, 6.45) is 5.71. The average molecular weight is 301 g/mol. The summed E-state index contributed by atoms with van der Waals surface area (Å²) < 4.78 is 0. The molecule has 1 aliphatic rings. The summed E-state index contributed by atoms with van der Waals surface area (Å²) in [6.45, 7) is 3.79. The highest BCUT2D eigenvalue weighted by atomic mass is 16.4. The number of carbonyl (C=O) groups excluding carboxylic acids is 1. The molecule has 0 radical (unpaired) electrons. The molecule has 2 rings (SSSR count). The summed E-state index contributed by atoms with van der Waals surface area (Å²) in [5.74, 6) is -1.25. The van der Waals surface area contributed by atoms with E-state index in [1.54, 1.807) is 6.08 Å². The van der Waals surface area contributed by atoms with Crippen molar-refractivity contribution in [3.8, 4) is 0 Å². The van der Waals surface area contributed by atoms with Crippen LogP contribution < -0.4 is 5.32 Å². The van der Waals surface area contributed by atoms with Crippen LogP contribution in [0.1, 0.15) is 50.0 Å². The largest absolute Gasteiger partial charge is 0.480 e. The maximum absolute atomic E-state index is 12.3. The van der Waals surface area contributed by atoms with Gasteiger partial charge in [-0.25, -0.2) is 4.79 Å². The van der Waals surface area contributed by atoms with Gasteiger partial charge in [-0.3, -0.25) is 4.79 Å². The summed E-state index contributed by atoms with van der Waals surface area (Å²) in [7, 11) is 0. The smallest absolute Gasteiger partial charge is 0.329 e. The van der Waals surface area contributed by atoms with Gasteiger partial charge in [-0.05, 0) is 18.4 Å². The van der Waals surface area contributed by atoms with E-state index in [0.717, 1.165) is 24.8 Å². The molecule has 0 bridgehead atoms. The molecule has 1 aromatic carbocycles. The van der Waals surface area contributed by atoms with Gasteiger partial charge < -0.3 is 10.4 Å². The first-order chi connectivity index (χ1) is 10.6. The Kier molecular flexibility index (Phi) is 5.36. The van der Waals surface area contributed by atoms with Crippen LogP contribution in [0.4, 0.5) is 0 Å². The lowest BCUT2D eigenvalue weighted by atomic mass is 9.81. The van der Waals surface area contributed by atoms with Crippen molar-refractivity contribution in [1.29, 1.82) is 0 Å². The minimum absolute atomic E-state index is 0.101. The molecule has 0 heterocycles. The molecule has 118 valence electrons. The lowest BCUT2D eigenvalue weighted by Crippen LogP contribution is -2.55. The molecule has 2 N–H and O–H groups in total. The second-order valence-electron chi connectivity index (χ2n) is 5.95. The average Bonchev–Trinajstić information content (AvgIpc) is 2.54. The van der Waals surface area contributed by atoms with Gasteiger partial charge in [0.15, 0.2) is 0 Å². The first kappa shape index (κ1) is 16.3. The predicted molar refractivity (Wildman–Crippen MR) is 85.6 cm³/mol. The third kappa shape index (κ3) is 3.75. The quantitative estimate of drug-likeness (QED) is 0.793. The van der Waals surface area contributed by atoms with Crippen molar-refractivity contribution in [1.82, 2.24) is 5.32 Å². The zero-order valence-corrected chi connectivity index (χ0v) is 12.8. The number of carboxylic acids is 1. The molecule has 4 heteroatoms. The number of benzene rings is 1. The van der Waals surface area contributed by atoms with Gasteiger partial charge >= 0.3 is 5.97 Å². The van der Waals surface area contributed by atoms with Gasteiger partial charge in [-0.15, -0.1) is 6.58 Å². The van der Waals surface area contributed by atoms with Crippen LogP contribution in [-0.4, -0.2) is 22.5 Å². The Hall–Kier alpha value is -2.10. The van der Waals surface area contributed by atoms with Crippen LogP contribution in [-0.2, 0) is 9.59 Å². The Morgan fingerprint density at radius 1 is 1.23 bits per heavy atom. The van der Waals surface area contributed by atoms with Crippen LogP contribution in [0, 0.1) is 0 Å². The monoisotopic (exact) mass is 301 g/mol. The zero-order valence-electron chi connectivity index (χ0n) is 12.8. The molecule has 22 heavy (non-hydrogen) atoms. The van der Waals surface area contributed by atoms with Crippen LogP contribution in [0.15, 0.2) is 43.0 Å². The fraction of sp³-hybridized carbons (Fsp3) is 0.444. The molecule has 1 unspecified atom stereocenters. The van der Waals surface area contributed by atoms with Crippen molar-refractivity contribution >= 4 is 11.9 Å². The molecular formula is C18H23NO3. The Labute approximate surface area is 131 Å². The molecule has 1 amide bonds. The van der Waals surface area contributed by atoms with Gasteiger partial charge in [0, 0.05) is 12.3 Å². The van der Waals surface area contributed by atoms with E-state index in [0.29, 0.717) is 12.8 Å². The van der Waals surface area contributed by atoms with Crippen molar-refractivity contribution in [3.05, 3.63) is 48.6 Å². The summed E-state index contributed by atoms with van der Waals surface area (Å²) in [4.78, 5) is 23.9. The summed E-state index contributed by atoms with van der Waals surface area (Å²) in [5.41, 5.74) is -0.0711. The molecule has 0 aromatic heterocycles. The summed E-state index contributed by atoms with van der Waals surface area (Å²) in [6, 6.07) is 9.67. The SMILES string of the molecule is C=CC(CC(=O)NC1(C(=O)O)CCCCC1)c1ccccc1. The molecular weight excluding hydrogens is 278 g/mol. The van der Waals surface area contributed by atoms with Crippen molar-refractivity contribution in [3.63, 3.8) is 0 Å². The van der Waals surface area contributed by atoms with Gasteiger partial charge in [0.2, 0.25) is 5.91 Å². The molecule has 1 aromatic rings. The van der Waals surface area contributed by atoms with E-state index in [1.165, 1.54) is 0 Å². The van der Waals surface area contributed by atoms with E-state index >= 15 is 0 Å². The highest BCUT2D eigenvalue weighted by Gasteiger charge is 2.41. The van der Waals surface area contributed by atoms with Gasteiger partial charge in [0.05, 0.1) is 0 Å². The lowest BCUT2D eigenvalue weighted by Gasteiger charge is -2.34. The number of hydrogen-bond acceptors (Lipinski definition) is 2. The maximum Gasteiger partial charge on any atom is 0.329 e. The minimum atomic E-state index is -1.09. The minimum Gasteiger partial charge on any atom is -0.480 e. The zero-order chi connectivity index (χ0) is 16.0. The molecule has 1 atom stereocenters.